The minimum atomic E-state index is -0.341. The predicted molar refractivity (Wildman–Crippen MR) is 84.4 cm³/mol. The normalized spacial score (nSPS) is 20.4. The molecule has 2 heterocycles. The average molecular weight is 323 g/mol. The number of amides is 1. The van der Waals surface area contributed by atoms with Crippen LogP contribution in [-0.4, -0.2) is 46.6 Å². The maximum Gasteiger partial charge on any atom is 0.240 e. The van der Waals surface area contributed by atoms with Crippen LogP contribution in [0.4, 0.5) is 9.52 Å². The van der Waals surface area contributed by atoms with E-state index in [4.69, 9.17) is 0 Å². The maximum atomic E-state index is 13.1. The lowest BCUT2D eigenvalue weighted by Gasteiger charge is -2.16. The van der Waals surface area contributed by atoms with Crippen molar-refractivity contribution in [1.29, 1.82) is 0 Å². The van der Waals surface area contributed by atoms with Crippen molar-refractivity contribution in [3.05, 3.63) is 24.0 Å². The third kappa shape index (κ3) is 3.43. The Labute approximate surface area is 131 Å². The van der Waals surface area contributed by atoms with Crippen LogP contribution in [0.3, 0.4) is 0 Å². The summed E-state index contributed by atoms with van der Waals surface area (Å²) < 4.78 is 13.9. The minimum Gasteiger partial charge on any atom is -0.393 e. The number of benzene rings is 1. The number of hydrogen-bond donors (Lipinski definition) is 2. The number of halogens is 1. The average Bonchev–Trinajstić information content (AvgIpc) is 3.04. The number of fused-ring (bicyclic) bond motifs is 1. The van der Waals surface area contributed by atoms with Gasteiger partial charge in [-0.2, -0.15) is 0 Å². The van der Waals surface area contributed by atoms with Gasteiger partial charge in [0.05, 0.1) is 22.9 Å². The number of hydrogen-bond acceptors (Lipinski definition) is 5. The number of aromatic nitrogens is 1. The fourth-order valence-electron chi connectivity index (χ4n) is 2.71. The van der Waals surface area contributed by atoms with Gasteiger partial charge in [-0.3, -0.25) is 9.69 Å². The Morgan fingerprint density at radius 2 is 2.45 bits per heavy atom. The summed E-state index contributed by atoms with van der Waals surface area (Å²) in [7, 11) is 0. The highest BCUT2D eigenvalue weighted by atomic mass is 32.1. The Morgan fingerprint density at radius 1 is 1.64 bits per heavy atom. The fraction of sp³-hybridized carbons (Fsp3) is 0.467. The highest BCUT2D eigenvalue weighted by Crippen LogP contribution is 2.26. The third-order valence-corrected chi connectivity index (χ3v) is 4.89. The Kier molecular flexibility index (Phi) is 4.37. The van der Waals surface area contributed by atoms with Crippen LogP contribution in [0, 0.1) is 11.7 Å². The monoisotopic (exact) mass is 323 g/mol. The van der Waals surface area contributed by atoms with Crippen molar-refractivity contribution in [2.45, 2.75) is 19.4 Å². The summed E-state index contributed by atoms with van der Waals surface area (Å²) in [6.45, 7) is 3.62. The molecule has 1 aliphatic heterocycles. The molecule has 0 bridgehead atoms. The highest BCUT2D eigenvalue weighted by Gasteiger charge is 2.27. The summed E-state index contributed by atoms with van der Waals surface area (Å²) in [5.41, 5.74) is 0.678. The SMILES string of the molecule is CC(O)C1CCN(CC(=O)Nc2nc3ccc(F)cc3s2)C1. The molecule has 1 aromatic heterocycles. The van der Waals surface area contributed by atoms with Gasteiger partial charge in [0.15, 0.2) is 5.13 Å². The number of anilines is 1. The summed E-state index contributed by atoms with van der Waals surface area (Å²) >= 11 is 1.26. The van der Waals surface area contributed by atoms with E-state index in [1.807, 2.05) is 4.90 Å². The van der Waals surface area contributed by atoms with Gasteiger partial charge in [0.1, 0.15) is 5.82 Å². The topological polar surface area (TPSA) is 65.5 Å². The molecule has 2 N–H and O–H groups in total. The molecule has 0 saturated carbocycles. The highest BCUT2D eigenvalue weighted by molar-refractivity contribution is 7.22. The molecular weight excluding hydrogens is 305 g/mol. The lowest BCUT2D eigenvalue weighted by atomic mass is 10.0. The number of carbonyl (C=O) groups is 1. The molecular formula is C15H18FN3O2S. The number of thiazole rings is 1. The number of likely N-dealkylation sites (tertiary alicyclic amines) is 1. The van der Waals surface area contributed by atoms with Crippen LogP contribution < -0.4 is 5.32 Å². The molecule has 2 atom stereocenters. The zero-order valence-corrected chi connectivity index (χ0v) is 13.1. The largest absolute Gasteiger partial charge is 0.393 e. The Balaban J connectivity index is 1.59. The van der Waals surface area contributed by atoms with Crippen LogP contribution in [-0.2, 0) is 4.79 Å². The molecule has 1 aromatic carbocycles. The zero-order valence-electron chi connectivity index (χ0n) is 12.3. The molecule has 2 unspecified atom stereocenters. The van der Waals surface area contributed by atoms with Gasteiger partial charge in [0.25, 0.3) is 0 Å². The van der Waals surface area contributed by atoms with Crippen LogP contribution in [0.1, 0.15) is 13.3 Å². The molecule has 7 heteroatoms. The predicted octanol–water partition coefficient (Wildman–Crippen LogP) is 2.08. The molecule has 22 heavy (non-hydrogen) atoms. The number of rotatable bonds is 4. The van der Waals surface area contributed by atoms with E-state index in [0.29, 0.717) is 15.3 Å². The lowest BCUT2D eigenvalue weighted by molar-refractivity contribution is -0.117. The standard InChI is InChI=1S/C15H18FN3O2S/c1-9(20)10-4-5-19(7-10)8-14(21)18-15-17-12-3-2-11(16)6-13(12)22-15/h2-3,6,9-10,20H,4-5,7-8H2,1H3,(H,17,18,21). The van der Waals surface area contributed by atoms with Crippen LogP contribution in [0.2, 0.25) is 0 Å². The van der Waals surface area contributed by atoms with E-state index >= 15 is 0 Å². The molecule has 1 fully saturated rings. The van der Waals surface area contributed by atoms with E-state index in [1.54, 1.807) is 13.0 Å². The first-order chi connectivity index (χ1) is 10.5. The van der Waals surface area contributed by atoms with Crippen molar-refractivity contribution < 1.29 is 14.3 Å². The quantitative estimate of drug-likeness (QED) is 0.904. The van der Waals surface area contributed by atoms with Crippen LogP contribution in [0.15, 0.2) is 18.2 Å². The number of nitrogens with one attached hydrogen (secondary N) is 1. The summed E-state index contributed by atoms with van der Waals surface area (Å²) in [5, 5.41) is 12.8. The molecule has 1 aliphatic rings. The zero-order chi connectivity index (χ0) is 15.7. The number of aliphatic hydroxyl groups excluding tert-OH is 1. The van der Waals surface area contributed by atoms with Gasteiger partial charge >= 0.3 is 0 Å². The number of aliphatic hydroxyl groups is 1. The molecule has 0 radical (unpaired) electrons. The molecule has 1 amide bonds. The Bertz CT molecular complexity index is 688. The van der Waals surface area contributed by atoms with E-state index in [2.05, 4.69) is 10.3 Å². The summed E-state index contributed by atoms with van der Waals surface area (Å²) in [6.07, 6.45) is 0.568. The van der Waals surface area contributed by atoms with Gasteiger partial charge < -0.3 is 10.4 Å². The summed E-state index contributed by atoms with van der Waals surface area (Å²) in [6, 6.07) is 4.37. The van der Waals surface area contributed by atoms with Gasteiger partial charge in [-0.1, -0.05) is 11.3 Å². The molecule has 118 valence electrons. The number of carbonyl (C=O) groups excluding carboxylic acids is 1. The summed E-state index contributed by atoms with van der Waals surface area (Å²) in [4.78, 5) is 18.4. The molecule has 3 rings (SSSR count). The minimum absolute atomic E-state index is 0.134. The third-order valence-electron chi connectivity index (χ3n) is 3.96. The van der Waals surface area contributed by atoms with Crippen molar-refractivity contribution >= 4 is 32.6 Å². The van der Waals surface area contributed by atoms with E-state index < -0.39 is 0 Å². The molecule has 0 spiro atoms. The van der Waals surface area contributed by atoms with Crippen molar-refractivity contribution in [2.24, 2.45) is 5.92 Å². The van der Waals surface area contributed by atoms with Crippen molar-refractivity contribution in [1.82, 2.24) is 9.88 Å². The van der Waals surface area contributed by atoms with E-state index in [1.165, 1.54) is 23.5 Å². The first-order valence-corrected chi connectivity index (χ1v) is 8.09. The van der Waals surface area contributed by atoms with Crippen LogP contribution >= 0.6 is 11.3 Å². The fourth-order valence-corrected chi connectivity index (χ4v) is 3.62. The first kappa shape index (κ1) is 15.3. The smallest absolute Gasteiger partial charge is 0.240 e. The Hall–Kier alpha value is -1.57. The second-order valence-electron chi connectivity index (χ2n) is 5.70. The van der Waals surface area contributed by atoms with Gasteiger partial charge in [0, 0.05) is 6.54 Å². The molecule has 1 saturated heterocycles. The molecule has 0 aliphatic carbocycles. The second kappa shape index (κ2) is 6.28. The van der Waals surface area contributed by atoms with Crippen molar-refractivity contribution in [3.8, 4) is 0 Å². The van der Waals surface area contributed by atoms with Gasteiger partial charge in [-0.15, -0.1) is 0 Å². The molecule has 5 nitrogen and oxygen atoms in total. The van der Waals surface area contributed by atoms with E-state index in [9.17, 15) is 14.3 Å². The van der Waals surface area contributed by atoms with Crippen molar-refractivity contribution in [3.63, 3.8) is 0 Å². The Morgan fingerprint density at radius 3 is 3.18 bits per heavy atom. The first-order valence-electron chi connectivity index (χ1n) is 7.27. The van der Waals surface area contributed by atoms with Crippen LogP contribution in [0.25, 0.3) is 10.2 Å². The maximum absolute atomic E-state index is 13.1. The second-order valence-corrected chi connectivity index (χ2v) is 6.73. The van der Waals surface area contributed by atoms with Gasteiger partial charge in [-0.05, 0) is 44.0 Å². The lowest BCUT2D eigenvalue weighted by Crippen LogP contribution is -2.32. The van der Waals surface area contributed by atoms with Gasteiger partial charge in [-0.25, -0.2) is 9.37 Å². The van der Waals surface area contributed by atoms with Gasteiger partial charge in [0.2, 0.25) is 5.91 Å². The van der Waals surface area contributed by atoms with E-state index in [0.717, 1.165) is 19.5 Å². The molecule has 2 aromatic rings. The van der Waals surface area contributed by atoms with Crippen LogP contribution in [0.5, 0.6) is 0 Å². The number of nitrogens with zero attached hydrogens (tertiary/aromatic N) is 2. The van der Waals surface area contributed by atoms with E-state index in [-0.39, 0.29) is 30.3 Å². The summed E-state index contributed by atoms with van der Waals surface area (Å²) in [5.74, 6) is -0.209. The van der Waals surface area contributed by atoms with Crippen molar-refractivity contribution in [2.75, 3.05) is 25.0 Å².